The molecular formula is C9H18N2. The van der Waals surface area contributed by atoms with Crippen LogP contribution in [0.15, 0.2) is 36.2 Å². The summed E-state index contributed by atoms with van der Waals surface area (Å²) in [6.07, 6.45) is 5.22. The second-order valence-electron chi connectivity index (χ2n) is 1.72. The number of hydrogen-bond acceptors (Lipinski definition) is 2. The SMILES string of the molecule is C=C(N)/C=C(N)\C=C/C.CC. The molecule has 0 aliphatic carbocycles. The van der Waals surface area contributed by atoms with Gasteiger partial charge in [0.15, 0.2) is 0 Å². The zero-order valence-corrected chi connectivity index (χ0v) is 7.59. The zero-order valence-electron chi connectivity index (χ0n) is 7.59. The van der Waals surface area contributed by atoms with E-state index in [-0.39, 0.29) is 0 Å². The molecule has 0 bridgehead atoms. The molecule has 0 spiro atoms. The number of hydrogen-bond donors (Lipinski definition) is 2. The van der Waals surface area contributed by atoms with Crippen LogP contribution in [-0.2, 0) is 0 Å². The van der Waals surface area contributed by atoms with Crippen LogP contribution in [0.3, 0.4) is 0 Å². The van der Waals surface area contributed by atoms with Crippen LogP contribution in [0.1, 0.15) is 20.8 Å². The minimum absolute atomic E-state index is 0.477. The first-order chi connectivity index (χ1) is 5.16. The summed E-state index contributed by atoms with van der Waals surface area (Å²) in [6, 6.07) is 0. The zero-order chi connectivity index (χ0) is 9.28. The van der Waals surface area contributed by atoms with Gasteiger partial charge < -0.3 is 11.5 Å². The maximum Gasteiger partial charge on any atom is 0.0331 e. The molecule has 0 atom stereocenters. The maximum absolute atomic E-state index is 5.42. The third-order valence-corrected chi connectivity index (χ3v) is 0.711. The first kappa shape index (κ1) is 12.5. The average Bonchev–Trinajstić information content (AvgIpc) is 1.91. The van der Waals surface area contributed by atoms with Gasteiger partial charge in [-0.1, -0.05) is 26.5 Å². The van der Waals surface area contributed by atoms with Crippen LogP contribution in [0.2, 0.25) is 0 Å². The first-order valence-corrected chi connectivity index (χ1v) is 3.71. The van der Waals surface area contributed by atoms with Gasteiger partial charge in [-0.3, -0.25) is 0 Å². The van der Waals surface area contributed by atoms with Crippen molar-refractivity contribution in [3.63, 3.8) is 0 Å². The number of rotatable bonds is 2. The lowest BCUT2D eigenvalue weighted by molar-refractivity contribution is 1.35. The first-order valence-electron chi connectivity index (χ1n) is 3.71. The van der Waals surface area contributed by atoms with Gasteiger partial charge in [-0.15, -0.1) is 0 Å². The molecule has 0 aromatic rings. The van der Waals surface area contributed by atoms with E-state index in [0.717, 1.165) is 0 Å². The molecule has 0 aromatic carbocycles. The van der Waals surface area contributed by atoms with Crippen LogP contribution in [0.25, 0.3) is 0 Å². The van der Waals surface area contributed by atoms with Crippen molar-refractivity contribution in [3.05, 3.63) is 36.2 Å². The van der Waals surface area contributed by atoms with Gasteiger partial charge in [0.2, 0.25) is 0 Å². The highest BCUT2D eigenvalue weighted by molar-refractivity contribution is 5.23. The van der Waals surface area contributed by atoms with E-state index in [4.69, 9.17) is 11.5 Å². The van der Waals surface area contributed by atoms with Crippen LogP contribution in [-0.4, -0.2) is 0 Å². The third kappa shape index (κ3) is 12.1. The largest absolute Gasteiger partial charge is 0.399 e. The third-order valence-electron chi connectivity index (χ3n) is 0.711. The Kier molecular flexibility index (Phi) is 10.0. The molecule has 0 saturated carbocycles. The molecule has 0 aromatic heterocycles. The van der Waals surface area contributed by atoms with Gasteiger partial charge in [-0.25, -0.2) is 0 Å². The molecular weight excluding hydrogens is 136 g/mol. The highest BCUT2D eigenvalue weighted by Gasteiger charge is 1.79. The van der Waals surface area contributed by atoms with E-state index < -0.39 is 0 Å². The fraction of sp³-hybridized carbons (Fsp3) is 0.333. The molecule has 4 N–H and O–H groups in total. The summed E-state index contributed by atoms with van der Waals surface area (Å²) in [6.45, 7) is 9.35. The van der Waals surface area contributed by atoms with Gasteiger partial charge in [0.1, 0.15) is 0 Å². The molecule has 0 radical (unpaired) electrons. The second-order valence-corrected chi connectivity index (χ2v) is 1.72. The maximum atomic E-state index is 5.42. The molecule has 0 aliphatic rings. The highest BCUT2D eigenvalue weighted by Crippen LogP contribution is 1.89. The Labute approximate surface area is 69.3 Å². The van der Waals surface area contributed by atoms with Crippen molar-refractivity contribution in [1.29, 1.82) is 0 Å². The Bertz CT molecular complexity index is 155. The molecule has 2 nitrogen and oxygen atoms in total. The van der Waals surface area contributed by atoms with Gasteiger partial charge in [0.25, 0.3) is 0 Å². The predicted molar refractivity (Wildman–Crippen MR) is 51.8 cm³/mol. The molecule has 2 heteroatoms. The Morgan fingerprint density at radius 1 is 1.27 bits per heavy atom. The Hall–Kier alpha value is -1.18. The van der Waals surface area contributed by atoms with E-state index >= 15 is 0 Å². The lowest BCUT2D eigenvalue weighted by Gasteiger charge is -1.90. The summed E-state index contributed by atoms with van der Waals surface area (Å²) in [5, 5.41) is 0. The van der Waals surface area contributed by atoms with Crippen molar-refractivity contribution in [3.8, 4) is 0 Å². The summed E-state index contributed by atoms with van der Waals surface area (Å²) in [5.41, 5.74) is 11.8. The fourth-order valence-electron chi connectivity index (χ4n) is 0.455. The van der Waals surface area contributed by atoms with Crippen LogP contribution in [0.5, 0.6) is 0 Å². The van der Waals surface area contributed by atoms with E-state index in [2.05, 4.69) is 6.58 Å². The van der Waals surface area contributed by atoms with Gasteiger partial charge in [-0.2, -0.15) is 0 Å². The Morgan fingerprint density at radius 3 is 2.00 bits per heavy atom. The van der Waals surface area contributed by atoms with E-state index in [1.54, 1.807) is 12.2 Å². The smallest absolute Gasteiger partial charge is 0.0331 e. The van der Waals surface area contributed by atoms with E-state index in [0.29, 0.717) is 11.4 Å². The lowest BCUT2D eigenvalue weighted by atomic mass is 10.3. The Balaban J connectivity index is 0. The molecule has 0 heterocycles. The van der Waals surface area contributed by atoms with Crippen molar-refractivity contribution in [1.82, 2.24) is 0 Å². The topological polar surface area (TPSA) is 52.0 Å². The Morgan fingerprint density at radius 2 is 1.73 bits per heavy atom. The normalized spacial score (nSPS) is 10.6. The van der Waals surface area contributed by atoms with Crippen molar-refractivity contribution >= 4 is 0 Å². The predicted octanol–water partition coefficient (Wildman–Crippen LogP) is 1.90. The summed E-state index contributed by atoms with van der Waals surface area (Å²) in [4.78, 5) is 0. The molecule has 0 rings (SSSR count). The molecule has 0 aliphatic heterocycles. The van der Waals surface area contributed by atoms with Gasteiger partial charge >= 0.3 is 0 Å². The van der Waals surface area contributed by atoms with Gasteiger partial charge in [0.05, 0.1) is 0 Å². The van der Waals surface area contributed by atoms with Gasteiger partial charge in [0, 0.05) is 11.4 Å². The standard InChI is InChI=1S/C7H12N2.C2H6/c1-3-4-7(9)5-6(2)8;1-2/h3-5H,2,8-9H2,1H3;1-2H3/b4-3-,7-5+;. The second kappa shape index (κ2) is 8.82. The monoisotopic (exact) mass is 154 g/mol. The molecule has 0 amide bonds. The molecule has 0 saturated heterocycles. The average molecular weight is 154 g/mol. The molecule has 0 fully saturated rings. The number of nitrogens with two attached hydrogens (primary N) is 2. The van der Waals surface area contributed by atoms with Crippen LogP contribution >= 0.6 is 0 Å². The summed E-state index contributed by atoms with van der Waals surface area (Å²) < 4.78 is 0. The van der Waals surface area contributed by atoms with E-state index in [1.807, 2.05) is 26.8 Å². The van der Waals surface area contributed by atoms with Crippen molar-refractivity contribution in [2.75, 3.05) is 0 Å². The summed E-state index contributed by atoms with van der Waals surface area (Å²) in [7, 11) is 0. The minimum atomic E-state index is 0.477. The minimum Gasteiger partial charge on any atom is -0.399 e. The van der Waals surface area contributed by atoms with Crippen molar-refractivity contribution < 1.29 is 0 Å². The van der Waals surface area contributed by atoms with Crippen LogP contribution < -0.4 is 11.5 Å². The lowest BCUT2D eigenvalue weighted by Crippen LogP contribution is -1.97. The quantitative estimate of drug-likeness (QED) is 0.597. The van der Waals surface area contributed by atoms with Gasteiger partial charge in [-0.05, 0) is 19.1 Å². The molecule has 0 unspecified atom stereocenters. The highest BCUT2D eigenvalue weighted by atomic mass is 14.6. The van der Waals surface area contributed by atoms with E-state index in [9.17, 15) is 0 Å². The van der Waals surface area contributed by atoms with E-state index in [1.165, 1.54) is 0 Å². The number of allylic oxidation sites excluding steroid dienone is 3. The summed E-state index contributed by atoms with van der Waals surface area (Å²) >= 11 is 0. The summed E-state index contributed by atoms with van der Waals surface area (Å²) in [5.74, 6) is 0. The molecule has 64 valence electrons. The molecule has 11 heavy (non-hydrogen) atoms. The van der Waals surface area contributed by atoms with Crippen molar-refractivity contribution in [2.24, 2.45) is 11.5 Å². The fourth-order valence-corrected chi connectivity index (χ4v) is 0.455. The van der Waals surface area contributed by atoms with Crippen LogP contribution in [0.4, 0.5) is 0 Å². The van der Waals surface area contributed by atoms with Crippen molar-refractivity contribution in [2.45, 2.75) is 20.8 Å². The van der Waals surface area contributed by atoms with Crippen LogP contribution in [0, 0.1) is 0 Å².